The van der Waals surface area contributed by atoms with Crippen LogP contribution in [-0.4, -0.2) is 85.5 Å². The zero-order chi connectivity index (χ0) is 26.0. The van der Waals surface area contributed by atoms with E-state index in [-0.39, 0.29) is 37.7 Å². The maximum Gasteiger partial charge on any atom is 0.471 e. The molecule has 0 atom stereocenters. The van der Waals surface area contributed by atoms with Gasteiger partial charge in [0, 0.05) is 49.2 Å². The number of hydrogen-bond acceptors (Lipinski definition) is 10. The van der Waals surface area contributed by atoms with Gasteiger partial charge < -0.3 is 21.3 Å². The highest BCUT2D eigenvalue weighted by atomic mass is 33.1. The number of halogens is 6. The monoisotopic (exact) mass is 582 g/mol. The molecule has 0 spiro atoms. The average molecular weight is 583 g/mol. The average Bonchev–Trinajstić information content (AvgIpc) is 2.74. The van der Waals surface area contributed by atoms with Crippen molar-refractivity contribution in [2.75, 3.05) is 49.2 Å². The predicted octanol–water partition coefficient (Wildman–Crippen LogP) is 2.47. The molecular weight excluding hydrogens is 562 g/mol. The lowest BCUT2D eigenvalue weighted by atomic mass is 10.5. The third-order valence-corrected chi connectivity index (χ3v) is 7.54. The Labute approximate surface area is 205 Å². The lowest BCUT2D eigenvalue weighted by Gasteiger charge is -2.08. The molecule has 0 bridgehead atoms. The third-order valence-electron chi connectivity index (χ3n) is 2.73. The van der Waals surface area contributed by atoms with E-state index in [1.54, 1.807) is 10.6 Å². The van der Waals surface area contributed by atoms with Crippen molar-refractivity contribution in [2.45, 2.75) is 12.4 Å². The smallest absolute Gasteiger partial charge is 0.347 e. The van der Waals surface area contributed by atoms with E-state index < -0.39 is 36.4 Å². The molecule has 0 radical (unpaired) electrons. The Balaban J connectivity index is 3.52. The minimum atomic E-state index is -4.93. The van der Waals surface area contributed by atoms with Crippen LogP contribution in [0.5, 0.6) is 0 Å². The van der Waals surface area contributed by atoms with Crippen molar-refractivity contribution in [1.82, 2.24) is 21.3 Å². The summed E-state index contributed by atoms with van der Waals surface area (Å²) < 4.78 is 71.6. The van der Waals surface area contributed by atoms with Gasteiger partial charge in [0.1, 0.15) is 0 Å². The summed E-state index contributed by atoms with van der Waals surface area (Å²) in [5, 5.41) is 7.92. The summed E-state index contributed by atoms with van der Waals surface area (Å²) in [6.07, 6.45) is -12.0. The minimum Gasteiger partial charge on any atom is -0.347 e. The molecule has 0 aromatic heterocycles. The summed E-state index contributed by atoms with van der Waals surface area (Å²) in [5.74, 6) is -2.89. The van der Waals surface area contributed by atoms with Gasteiger partial charge in [-0.05, 0) is 0 Å². The van der Waals surface area contributed by atoms with Gasteiger partial charge in [-0.25, -0.2) is 19.4 Å². The molecule has 0 aromatic rings. The van der Waals surface area contributed by atoms with Crippen LogP contribution in [0.15, 0.2) is 0 Å². The largest absolute Gasteiger partial charge is 0.471 e. The topological polar surface area (TPSA) is 135 Å². The molecule has 0 saturated carbocycles. The van der Waals surface area contributed by atoms with Gasteiger partial charge in [0.15, 0.2) is 0 Å². The molecule has 0 rings (SSSR count). The molecule has 0 saturated heterocycles. The van der Waals surface area contributed by atoms with Crippen LogP contribution < -0.4 is 21.3 Å². The van der Waals surface area contributed by atoms with Crippen molar-refractivity contribution >= 4 is 67.2 Å². The maximum atomic E-state index is 11.9. The molecule has 0 aliphatic heterocycles. The summed E-state index contributed by atoms with van der Waals surface area (Å²) in [6.45, 7) is -0.140. The Morgan fingerprint density at radius 2 is 0.794 bits per heavy atom. The molecule has 198 valence electrons. The second-order valence-electron chi connectivity index (χ2n) is 5.39. The van der Waals surface area contributed by atoms with Crippen LogP contribution in [0.1, 0.15) is 0 Å². The number of carbonyl (C=O) groups excluding carboxylic acids is 4. The SMILES string of the molecule is O=C(NCCSSCCNC(=O)C(F)(F)F)OOC(=O)NCCSSCCNC(=O)C(F)(F)F. The van der Waals surface area contributed by atoms with Crippen LogP contribution in [-0.2, 0) is 19.4 Å². The van der Waals surface area contributed by atoms with Crippen molar-refractivity contribution in [2.24, 2.45) is 0 Å². The molecule has 10 nitrogen and oxygen atoms in total. The molecule has 0 aliphatic carbocycles. The number of nitrogens with one attached hydrogen (secondary N) is 4. The van der Waals surface area contributed by atoms with E-state index in [1.807, 2.05) is 0 Å². The standard InChI is InChI=1S/C14H20F6N4O6S4/c15-13(16,17)9(25)21-1-5-31-33-7-3-23-11(27)29-30-12(28)24-4-8-34-32-6-2-22-10(26)14(18,19)20/h1-8H2,(H,21,25)(H,22,26)(H,23,27)(H,24,28). The van der Waals surface area contributed by atoms with Crippen molar-refractivity contribution in [3.63, 3.8) is 0 Å². The molecule has 0 heterocycles. The van der Waals surface area contributed by atoms with E-state index in [0.717, 1.165) is 0 Å². The molecule has 4 amide bonds. The van der Waals surface area contributed by atoms with E-state index in [1.165, 1.54) is 43.2 Å². The van der Waals surface area contributed by atoms with Crippen LogP contribution in [0.2, 0.25) is 0 Å². The molecule has 4 N–H and O–H groups in total. The Hall–Kier alpha value is -1.54. The third kappa shape index (κ3) is 18.8. The normalized spacial score (nSPS) is 11.4. The van der Waals surface area contributed by atoms with Crippen molar-refractivity contribution in [1.29, 1.82) is 0 Å². The van der Waals surface area contributed by atoms with Crippen LogP contribution in [0, 0.1) is 0 Å². The lowest BCUT2D eigenvalue weighted by molar-refractivity contribution is -0.178. The zero-order valence-electron chi connectivity index (χ0n) is 17.0. The first-order chi connectivity index (χ1) is 15.8. The highest BCUT2D eigenvalue weighted by Crippen LogP contribution is 2.20. The summed E-state index contributed by atoms with van der Waals surface area (Å²) in [6, 6.07) is 0. The molecular formula is C14H20F6N4O6S4. The first-order valence-corrected chi connectivity index (χ1v) is 13.9. The van der Waals surface area contributed by atoms with E-state index in [9.17, 15) is 45.5 Å². The number of rotatable bonds is 14. The summed E-state index contributed by atoms with van der Waals surface area (Å²) >= 11 is 0. The molecule has 20 heteroatoms. The summed E-state index contributed by atoms with van der Waals surface area (Å²) in [4.78, 5) is 52.1. The molecule has 0 unspecified atom stereocenters. The van der Waals surface area contributed by atoms with Crippen molar-refractivity contribution < 1.29 is 55.3 Å². The number of amides is 4. The minimum absolute atomic E-state index is 0.105. The highest BCUT2D eigenvalue weighted by Gasteiger charge is 2.38. The molecule has 34 heavy (non-hydrogen) atoms. The summed E-state index contributed by atoms with van der Waals surface area (Å²) in [7, 11) is 4.79. The fraction of sp³-hybridized carbons (Fsp3) is 0.714. The van der Waals surface area contributed by atoms with Gasteiger partial charge >= 0.3 is 36.4 Å². The van der Waals surface area contributed by atoms with Gasteiger partial charge in [0.2, 0.25) is 0 Å². The second kappa shape index (κ2) is 17.8. The Morgan fingerprint density at radius 3 is 1.06 bits per heavy atom. The van der Waals surface area contributed by atoms with Crippen molar-refractivity contribution in [3.05, 3.63) is 0 Å². The fourth-order valence-corrected chi connectivity index (χ4v) is 5.00. The highest BCUT2D eigenvalue weighted by molar-refractivity contribution is 8.77. The maximum absolute atomic E-state index is 11.9. The molecule has 0 aliphatic rings. The van der Waals surface area contributed by atoms with Crippen LogP contribution in [0.3, 0.4) is 0 Å². The molecule has 0 fully saturated rings. The first kappa shape index (κ1) is 32.5. The van der Waals surface area contributed by atoms with Crippen molar-refractivity contribution in [3.8, 4) is 0 Å². The Bertz CT molecular complexity index is 605. The zero-order valence-corrected chi connectivity index (χ0v) is 20.3. The van der Waals surface area contributed by atoms with Gasteiger partial charge in [0.25, 0.3) is 0 Å². The van der Waals surface area contributed by atoms with E-state index in [2.05, 4.69) is 20.4 Å². The van der Waals surface area contributed by atoms with Crippen LogP contribution >= 0.6 is 43.2 Å². The van der Waals surface area contributed by atoms with Gasteiger partial charge in [-0.2, -0.15) is 26.3 Å². The Morgan fingerprint density at radius 1 is 0.529 bits per heavy atom. The van der Waals surface area contributed by atoms with Gasteiger partial charge in [-0.15, -0.1) is 0 Å². The van der Waals surface area contributed by atoms with E-state index in [4.69, 9.17) is 0 Å². The second-order valence-corrected chi connectivity index (χ2v) is 10.8. The van der Waals surface area contributed by atoms with E-state index >= 15 is 0 Å². The Kier molecular flexibility index (Phi) is 17.0. The number of hydrogen-bond donors (Lipinski definition) is 4. The number of alkyl halides is 6. The van der Waals surface area contributed by atoms with Crippen LogP contribution in [0.25, 0.3) is 0 Å². The van der Waals surface area contributed by atoms with E-state index in [0.29, 0.717) is 11.5 Å². The quantitative estimate of drug-likeness (QED) is 0.0796. The fourth-order valence-electron chi connectivity index (χ4n) is 1.37. The van der Waals surface area contributed by atoms with Gasteiger partial charge in [-0.1, -0.05) is 43.2 Å². The number of carbonyl (C=O) groups is 4. The molecule has 0 aromatic carbocycles. The lowest BCUT2D eigenvalue weighted by Crippen LogP contribution is -2.37. The van der Waals surface area contributed by atoms with Crippen LogP contribution in [0.4, 0.5) is 35.9 Å². The first-order valence-electron chi connectivity index (χ1n) is 8.93. The summed E-state index contributed by atoms with van der Waals surface area (Å²) in [5.41, 5.74) is 0. The van der Waals surface area contributed by atoms with Gasteiger partial charge in [-0.3, -0.25) is 9.59 Å². The van der Waals surface area contributed by atoms with Gasteiger partial charge in [0.05, 0.1) is 0 Å². The predicted molar refractivity (Wildman–Crippen MR) is 117 cm³/mol.